The molecule has 4 rings (SSSR count). The molecule has 0 spiro atoms. The number of carbonyl (C=O) groups excluding carboxylic acids is 3. The maximum atomic E-state index is 13.5. The van der Waals surface area contributed by atoms with Crippen molar-refractivity contribution >= 4 is 17.7 Å². The molecule has 2 bridgehead atoms. The van der Waals surface area contributed by atoms with Crippen molar-refractivity contribution < 1.29 is 18.8 Å². The summed E-state index contributed by atoms with van der Waals surface area (Å²) < 4.78 is 13.5. The summed E-state index contributed by atoms with van der Waals surface area (Å²) in [5.74, 6) is -1.17. The van der Waals surface area contributed by atoms with E-state index in [0.29, 0.717) is 5.56 Å². The van der Waals surface area contributed by atoms with Crippen LogP contribution in [0.3, 0.4) is 0 Å². The van der Waals surface area contributed by atoms with E-state index in [1.54, 1.807) is 19.1 Å². The van der Waals surface area contributed by atoms with Crippen molar-refractivity contribution in [1.82, 2.24) is 10.2 Å². The zero-order valence-corrected chi connectivity index (χ0v) is 13.9. The Morgan fingerprint density at radius 1 is 1.20 bits per heavy atom. The summed E-state index contributed by atoms with van der Waals surface area (Å²) in [7, 11) is 0. The topological polar surface area (TPSA) is 66.5 Å². The van der Waals surface area contributed by atoms with E-state index in [2.05, 4.69) is 5.32 Å². The van der Waals surface area contributed by atoms with Gasteiger partial charge in [0.15, 0.2) is 0 Å². The predicted octanol–water partition coefficient (Wildman–Crippen LogP) is 1.67. The normalized spacial score (nSPS) is 29.4. The van der Waals surface area contributed by atoms with Gasteiger partial charge in [-0.1, -0.05) is 18.2 Å². The van der Waals surface area contributed by atoms with Gasteiger partial charge in [-0.15, -0.1) is 0 Å². The number of aryl methyl sites for hydroxylation is 1. The van der Waals surface area contributed by atoms with E-state index >= 15 is 0 Å². The molecule has 4 atom stereocenters. The summed E-state index contributed by atoms with van der Waals surface area (Å²) in [6.45, 7) is 1.94. The molecule has 0 radical (unpaired) electrons. The molecule has 1 heterocycles. The zero-order chi connectivity index (χ0) is 17.7. The first-order chi connectivity index (χ1) is 12.0. The summed E-state index contributed by atoms with van der Waals surface area (Å²) >= 11 is 0. The van der Waals surface area contributed by atoms with Gasteiger partial charge in [0.1, 0.15) is 5.82 Å². The molecular weight excluding hydrogens is 323 g/mol. The first-order valence-corrected chi connectivity index (χ1v) is 8.55. The van der Waals surface area contributed by atoms with Crippen LogP contribution in [0.2, 0.25) is 0 Å². The average Bonchev–Trinajstić information content (AvgIpc) is 3.26. The van der Waals surface area contributed by atoms with Crippen LogP contribution in [-0.2, 0) is 9.59 Å². The molecule has 2 aliphatic carbocycles. The van der Waals surface area contributed by atoms with Crippen LogP contribution in [0.1, 0.15) is 22.3 Å². The molecule has 1 aromatic carbocycles. The van der Waals surface area contributed by atoms with Crippen molar-refractivity contribution in [2.24, 2.45) is 23.7 Å². The summed E-state index contributed by atoms with van der Waals surface area (Å²) in [6.07, 6.45) is 5.00. The highest BCUT2D eigenvalue weighted by Gasteiger charge is 2.58. The zero-order valence-electron chi connectivity index (χ0n) is 13.9. The molecule has 1 N–H and O–H groups in total. The molecule has 3 amide bonds. The number of nitrogens with zero attached hydrogens (tertiary/aromatic N) is 1. The quantitative estimate of drug-likeness (QED) is 0.669. The summed E-state index contributed by atoms with van der Waals surface area (Å²) in [5, 5.41) is 2.65. The number of benzene rings is 1. The highest BCUT2D eigenvalue weighted by atomic mass is 19.1. The van der Waals surface area contributed by atoms with Gasteiger partial charge in [-0.25, -0.2) is 4.39 Å². The maximum absolute atomic E-state index is 13.5. The van der Waals surface area contributed by atoms with Gasteiger partial charge in [-0.05, 0) is 42.9 Å². The van der Waals surface area contributed by atoms with Gasteiger partial charge in [0.2, 0.25) is 11.8 Å². The van der Waals surface area contributed by atoms with Crippen LogP contribution in [0.25, 0.3) is 0 Å². The number of fused-ring (bicyclic) bond motifs is 5. The number of rotatable bonds is 4. The van der Waals surface area contributed by atoms with Crippen LogP contribution in [0.15, 0.2) is 30.4 Å². The van der Waals surface area contributed by atoms with E-state index in [4.69, 9.17) is 0 Å². The molecular formula is C19H19FN2O3. The molecule has 6 heteroatoms. The van der Waals surface area contributed by atoms with Gasteiger partial charge >= 0.3 is 0 Å². The Hall–Kier alpha value is -2.50. The smallest absolute Gasteiger partial charge is 0.251 e. The van der Waals surface area contributed by atoms with Crippen molar-refractivity contribution in [3.63, 3.8) is 0 Å². The number of allylic oxidation sites excluding steroid dienone is 2. The minimum absolute atomic E-state index is 0.123. The van der Waals surface area contributed by atoms with Crippen molar-refractivity contribution in [1.29, 1.82) is 0 Å². The molecule has 5 nitrogen and oxygen atoms in total. The Labute approximate surface area is 144 Å². The third-order valence-corrected chi connectivity index (χ3v) is 5.62. The largest absolute Gasteiger partial charge is 0.350 e. The summed E-state index contributed by atoms with van der Waals surface area (Å²) in [5.41, 5.74) is 0.695. The molecule has 2 fully saturated rings. The second-order valence-electron chi connectivity index (χ2n) is 7.05. The van der Waals surface area contributed by atoms with Gasteiger partial charge < -0.3 is 5.32 Å². The van der Waals surface area contributed by atoms with Crippen molar-refractivity contribution in [2.75, 3.05) is 13.1 Å². The number of imide groups is 1. The maximum Gasteiger partial charge on any atom is 0.251 e. The second kappa shape index (κ2) is 5.79. The molecule has 0 aromatic heterocycles. The number of carbonyl (C=O) groups is 3. The van der Waals surface area contributed by atoms with E-state index in [-0.39, 0.29) is 54.1 Å². The summed E-state index contributed by atoms with van der Waals surface area (Å²) in [6, 6.07) is 4.28. The average molecular weight is 342 g/mol. The number of hydrogen-bond donors (Lipinski definition) is 1. The van der Waals surface area contributed by atoms with Gasteiger partial charge in [0, 0.05) is 18.7 Å². The minimum Gasteiger partial charge on any atom is -0.350 e. The third kappa shape index (κ3) is 2.47. The summed E-state index contributed by atoms with van der Waals surface area (Å²) in [4.78, 5) is 38.4. The lowest BCUT2D eigenvalue weighted by Gasteiger charge is -2.17. The highest BCUT2D eigenvalue weighted by Crippen LogP contribution is 2.52. The van der Waals surface area contributed by atoms with Crippen molar-refractivity contribution in [3.8, 4) is 0 Å². The first-order valence-electron chi connectivity index (χ1n) is 8.55. The molecule has 130 valence electrons. The van der Waals surface area contributed by atoms with Gasteiger partial charge in [0.05, 0.1) is 11.8 Å². The minimum atomic E-state index is -0.437. The highest BCUT2D eigenvalue weighted by molar-refractivity contribution is 6.06. The van der Waals surface area contributed by atoms with E-state index in [1.807, 2.05) is 12.2 Å². The van der Waals surface area contributed by atoms with Gasteiger partial charge in [-0.2, -0.15) is 0 Å². The third-order valence-electron chi connectivity index (χ3n) is 5.62. The van der Waals surface area contributed by atoms with E-state index < -0.39 is 11.7 Å². The molecule has 1 saturated carbocycles. The van der Waals surface area contributed by atoms with E-state index in [0.717, 1.165) is 6.42 Å². The van der Waals surface area contributed by atoms with E-state index in [1.165, 1.54) is 11.0 Å². The standard InChI is InChI=1S/C19H19FN2O3/c1-10-2-3-13(9-14(10)20)17(23)21-6-7-22-18(24)15-11-4-5-12(8-11)16(15)19(22)25/h2-5,9,11-12,15-16H,6-8H2,1H3,(H,21,23)/t11-,12-,15+,16+/m0/s1. The monoisotopic (exact) mass is 342 g/mol. The van der Waals surface area contributed by atoms with Crippen LogP contribution >= 0.6 is 0 Å². The van der Waals surface area contributed by atoms with Crippen LogP contribution in [0.4, 0.5) is 4.39 Å². The van der Waals surface area contributed by atoms with Crippen molar-refractivity contribution in [2.45, 2.75) is 13.3 Å². The SMILES string of the molecule is Cc1ccc(C(=O)NCCN2C(=O)[C@H]3[C@H](C2=O)[C@H]2C=C[C@H]3C2)cc1F. The fraction of sp³-hybridized carbons (Fsp3) is 0.421. The van der Waals surface area contributed by atoms with Gasteiger partial charge in [-0.3, -0.25) is 19.3 Å². The van der Waals surface area contributed by atoms with Crippen LogP contribution in [0, 0.1) is 36.4 Å². The molecule has 1 aromatic rings. The van der Waals surface area contributed by atoms with Crippen LogP contribution < -0.4 is 5.32 Å². The molecule has 0 unspecified atom stereocenters. The Morgan fingerprint density at radius 3 is 2.44 bits per heavy atom. The number of hydrogen-bond acceptors (Lipinski definition) is 3. The number of halogens is 1. The molecule has 25 heavy (non-hydrogen) atoms. The van der Waals surface area contributed by atoms with Crippen LogP contribution in [-0.4, -0.2) is 35.7 Å². The number of amides is 3. The van der Waals surface area contributed by atoms with Crippen LogP contribution in [0.5, 0.6) is 0 Å². The molecule has 1 aliphatic heterocycles. The Morgan fingerprint density at radius 2 is 1.84 bits per heavy atom. The lowest BCUT2D eigenvalue weighted by atomic mass is 9.85. The lowest BCUT2D eigenvalue weighted by molar-refractivity contribution is -0.140. The fourth-order valence-corrected chi connectivity index (χ4v) is 4.30. The Bertz CT molecular complexity index is 774. The first kappa shape index (κ1) is 16.0. The molecule has 1 saturated heterocycles. The fourth-order valence-electron chi connectivity index (χ4n) is 4.30. The second-order valence-corrected chi connectivity index (χ2v) is 7.05. The Balaban J connectivity index is 1.36. The van der Waals surface area contributed by atoms with E-state index in [9.17, 15) is 18.8 Å². The lowest BCUT2D eigenvalue weighted by Crippen LogP contribution is -2.39. The predicted molar refractivity (Wildman–Crippen MR) is 87.9 cm³/mol. The number of likely N-dealkylation sites (tertiary alicyclic amines) is 1. The Kier molecular flexibility index (Phi) is 3.71. The number of nitrogens with one attached hydrogen (secondary N) is 1. The molecule has 3 aliphatic rings. The van der Waals surface area contributed by atoms with Crippen molar-refractivity contribution in [3.05, 3.63) is 47.3 Å². The van der Waals surface area contributed by atoms with Gasteiger partial charge in [0.25, 0.3) is 5.91 Å².